The van der Waals surface area contributed by atoms with E-state index in [1.165, 1.54) is 24.4 Å². The van der Waals surface area contributed by atoms with Gasteiger partial charge in [0.1, 0.15) is 17.2 Å². The molecule has 2 rings (SSSR count). The topological polar surface area (TPSA) is 39.1 Å². The molecule has 0 aliphatic carbocycles. The first kappa shape index (κ1) is 15.5. The third-order valence-electron chi connectivity index (χ3n) is 2.97. The van der Waals surface area contributed by atoms with Crippen molar-refractivity contribution >= 4 is 0 Å². The van der Waals surface area contributed by atoms with Crippen LogP contribution in [-0.4, -0.2) is 30.0 Å². The fraction of sp³-hybridized carbons (Fsp3) is 0.357. The van der Waals surface area contributed by atoms with Crippen LogP contribution in [0.25, 0.3) is 5.69 Å². The van der Waals surface area contributed by atoms with Gasteiger partial charge in [0.2, 0.25) is 0 Å². The Morgan fingerprint density at radius 3 is 2.76 bits per heavy atom. The molecule has 0 spiro atoms. The molecule has 0 amide bonds. The van der Waals surface area contributed by atoms with Gasteiger partial charge < -0.3 is 10.1 Å². The summed E-state index contributed by atoms with van der Waals surface area (Å²) in [6.45, 7) is 1.23. The van der Waals surface area contributed by atoms with Crippen LogP contribution in [0.15, 0.2) is 30.5 Å². The number of ether oxygens (including phenoxy) is 1. The highest BCUT2D eigenvalue weighted by Crippen LogP contribution is 2.26. The van der Waals surface area contributed by atoms with Crippen LogP contribution in [0.1, 0.15) is 17.7 Å². The van der Waals surface area contributed by atoms with Gasteiger partial charge in [-0.15, -0.1) is 0 Å². The van der Waals surface area contributed by atoms with Gasteiger partial charge in [-0.05, 0) is 12.1 Å². The highest BCUT2D eigenvalue weighted by Gasteiger charge is 2.22. The maximum absolute atomic E-state index is 13.7. The second kappa shape index (κ2) is 7.24. The van der Waals surface area contributed by atoms with E-state index in [4.69, 9.17) is 4.74 Å². The SMILES string of the molecule is COCCNCc1cnn(-c2ccccc2F)c1C(F)F. The van der Waals surface area contributed by atoms with Gasteiger partial charge in [-0.25, -0.2) is 17.9 Å². The Morgan fingerprint density at radius 1 is 1.33 bits per heavy atom. The molecule has 1 aromatic heterocycles. The van der Waals surface area contributed by atoms with Crippen LogP contribution in [-0.2, 0) is 11.3 Å². The zero-order chi connectivity index (χ0) is 15.2. The van der Waals surface area contributed by atoms with E-state index < -0.39 is 12.2 Å². The third kappa shape index (κ3) is 3.62. The molecular weight excluding hydrogens is 283 g/mol. The summed E-state index contributed by atoms with van der Waals surface area (Å²) in [6, 6.07) is 5.70. The second-order valence-electron chi connectivity index (χ2n) is 4.39. The fourth-order valence-electron chi connectivity index (χ4n) is 1.97. The molecule has 0 saturated carbocycles. The Bertz CT molecular complexity index is 587. The highest BCUT2D eigenvalue weighted by molar-refractivity contribution is 5.36. The Labute approximate surface area is 120 Å². The predicted octanol–water partition coefficient (Wildman–Crippen LogP) is 2.69. The number of benzene rings is 1. The summed E-state index contributed by atoms with van der Waals surface area (Å²) < 4.78 is 46.1. The van der Waals surface area contributed by atoms with E-state index in [1.807, 2.05) is 0 Å². The molecule has 0 atom stereocenters. The minimum atomic E-state index is -2.74. The molecule has 1 heterocycles. The van der Waals surface area contributed by atoms with Crippen LogP contribution in [0.4, 0.5) is 13.2 Å². The summed E-state index contributed by atoms with van der Waals surface area (Å²) >= 11 is 0. The normalized spacial score (nSPS) is 11.3. The van der Waals surface area contributed by atoms with Crippen molar-refractivity contribution < 1.29 is 17.9 Å². The largest absolute Gasteiger partial charge is 0.383 e. The zero-order valence-corrected chi connectivity index (χ0v) is 11.5. The predicted molar refractivity (Wildman–Crippen MR) is 72.1 cm³/mol. The van der Waals surface area contributed by atoms with Crippen molar-refractivity contribution in [2.75, 3.05) is 20.3 Å². The third-order valence-corrected chi connectivity index (χ3v) is 2.97. The monoisotopic (exact) mass is 299 g/mol. The van der Waals surface area contributed by atoms with Crippen LogP contribution in [0.5, 0.6) is 0 Å². The minimum absolute atomic E-state index is 0.0101. The van der Waals surface area contributed by atoms with Crippen LogP contribution in [0.3, 0.4) is 0 Å². The summed E-state index contributed by atoms with van der Waals surface area (Å²) in [5, 5.41) is 6.86. The van der Waals surface area contributed by atoms with Crippen LogP contribution >= 0.6 is 0 Å². The Morgan fingerprint density at radius 2 is 2.10 bits per heavy atom. The van der Waals surface area contributed by atoms with E-state index in [9.17, 15) is 13.2 Å². The number of hydrogen-bond acceptors (Lipinski definition) is 3. The van der Waals surface area contributed by atoms with Crippen LogP contribution in [0.2, 0.25) is 0 Å². The molecule has 0 bridgehead atoms. The van der Waals surface area contributed by atoms with Gasteiger partial charge in [-0.2, -0.15) is 5.10 Å². The molecule has 0 saturated heterocycles. The highest BCUT2D eigenvalue weighted by atomic mass is 19.3. The number of aromatic nitrogens is 2. The summed E-state index contributed by atoms with van der Waals surface area (Å²) in [4.78, 5) is 0. The van der Waals surface area contributed by atoms with Crippen molar-refractivity contribution in [2.45, 2.75) is 13.0 Å². The second-order valence-corrected chi connectivity index (χ2v) is 4.39. The molecule has 1 aromatic carbocycles. The zero-order valence-electron chi connectivity index (χ0n) is 11.5. The number of methoxy groups -OCH3 is 1. The number of para-hydroxylation sites is 1. The van der Waals surface area contributed by atoms with Crippen molar-refractivity contribution in [3.63, 3.8) is 0 Å². The number of alkyl halides is 2. The summed E-state index contributed by atoms with van der Waals surface area (Å²) in [5.41, 5.74) is 0.0466. The standard InChI is InChI=1S/C14H16F3N3O/c1-21-7-6-18-8-10-9-19-20(13(10)14(16)17)12-5-3-2-4-11(12)15/h2-5,9,14,18H,6-8H2,1H3. The average molecular weight is 299 g/mol. The van der Waals surface area contributed by atoms with E-state index in [0.717, 1.165) is 4.68 Å². The van der Waals surface area contributed by atoms with Crippen LogP contribution < -0.4 is 5.32 Å². The van der Waals surface area contributed by atoms with Gasteiger partial charge in [-0.3, -0.25) is 0 Å². The van der Waals surface area contributed by atoms with E-state index in [0.29, 0.717) is 18.7 Å². The first-order valence-corrected chi connectivity index (χ1v) is 6.44. The molecule has 4 nitrogen and oxygen atoms in total. The van der Waals surface area contributed by atoms with Crippen molar-refractivity contribution in [3.05, 3.63) is 47.5 Å². The molecule has 0 unspecified atom stereocenters. The van der Waals surface area contributed by atoms with Gasteiger partial charge in [0.05, 0.1) is 12.8 Å². The number of rotatable bonds is 7. The van der Waals surface area contributed by atoms with Crippen LogP contribution in [0, 0.1) is 5.82 Å². The molecule has 2 aromatic rings. The number of hydrogen-bond donors (Lipinski definition) is 1. The molecule has 0 aliphatic rings. The lowest BCUT2D eigenvalue weighted by atomic mass is 10.2. The Balaban J connectivity index is 2.27. The quantitative estimate of drug-likeness (QED) is 0.799. The number of nitrogens with one attached hydrogen (secondary N) is 1. The average Bonchev–Trinajstić information content (AvgIpc) is 2.88. The van der Waals surface area contributed by atoms with Gasteiger partial charge in [-0.1, -0.05) is 12.1 Å². The maximum atomic E-state index is 13.7. The van der Waals surface area contributed by atoms with Crippen molar-refractivity contribution in [3.8, 4) is 5.69 Å². The maximum Gasteiger partial charge on any atom is 0.280 e. The Kier molecular flexibility index (Phi) is 5.35. The van der Waals surface area contributed by atoms with E-state index in [1.54, 1.807) is 13.2 Å². The van der Waals surface area contributed by atoms with E-state index >= 15 is 0 Å². The van der Waals surface area contributed by atoms with E-state index in [-0.39, 0.29) is 17.9 Å². The first-order chi connectivity index (χ1) is 10.1. The fourth-order valence-corrected chi connectivity index (χ4v) is 1.97. The smallest absolute Gasteiger partial charge is 0.280 e. The first-order valence-electron chi connectivity index (χ1n) is 6.44. The number of nitrogens with zero attached hydrogens (tertiary/aromatic N) is 2. The summed E-state index contributed by atoms with van der Waals surface area (Å²) in [6.07, 6.45) is -1.42. The van der Waals surface area contributed by atoms with Crippen molar-refractivity contribution in [2.24, 2.45) is 0 Å². The molecular formula is C14H16F3N3O. The van der Waals surface area contributed by atoms with Gasteiger partial charge >= 0.3 is 0 Å². The summed E-state index contributed by atoms with van der Waals surface area (Å²) in [5.74, 6) is -0.596. The molecule has 0 fully saturated rings. The summed E-state index contributed by atoms with van der Waals surface area (Å²) in [7, 11) is 1.56. The van der Waals surface area contributed by atoms with E-state index in [2.05, 4.69) is 10.4 Å². The van der Waals surface area contributed by atoms with Gasteiger partial charge in [0, 0.05) is 25.8 Å². The molecule has 114 valence electrons. The lowest BCUT2D eigenvalue weighted by Crippen LogP contribution is -2.19. The molecule has 0 aliphatic heterocycles. The lowest BCUT2D eigenvalue weighted by molar-refractivity contribution is 0.141. The Hall–Kier alpha value is -1.86. The van der Waals surface area contributed by atoms with Crippen molar-refractivity contribution in [1.29, 1.82) is 0 Å². The van der Waals surface area contributed by atoms with Gasteiger partial charge in [0.15, 0.2) is 0 Å². The van der Waals surface area contributed by atoms with Gasteiger partial charge in [0.25, 0.3) is 6.43 Å². The minimum Gasteiger partial charge on any atom is -0.383 e. The molecule has 21 heavy (non-hydrogen) atoms. The number of halogens is 3. The molecule has 1 N–H and O–H groups in total. The molecule has 0 radical (unpaired) electrons. The lowest BCUT2D eigenvalue weighted by Gasteiger charge is -2.10. The van der Waals surface area contributed by atoms with Crippen molar-refractivity contribution in [1.82, 2.24) is 15.1 Å². The molecule has 7 heteroatoms.